The highest BCUT2D eigenvalue weighted by Gasteiger charge is 2.18. The van der Waals surface area contributed by atoms with Gasteiger partial charge in [-0.3, -0.25) is 10.1 Å². The Balaban J connectivity index is 2.33. The van der Waals surface area contributed by atoms with E-state index in [-0.39, 0.29) is 23.2 Å². The van der Waals surface area contributed by atoms with Crippen molar-refractivity contribution >= 4 is 11.5 Å². The lowest BCUT2D eigenvalue weighted by atomic mass is 10.2. The predicted octanol–water partition coefficient (Wildman–Crippen LogP) is 2.19. The van der Waals surface area contributed by atoms with Crippen LogP contribution in [-0.2, 0) is 0 Å². The van der Waals surface area contributed by atoms with Crippen molar-refractivity contribution in [3.63, 3.8) is 0 Å². The molecule has 0 aliphatic carbocycles. The first-order valence-corrected chi connectivity index (χ1v) is 5.88. The minimum absolute atomic E-state index is 0.0871. The average molecular weight is 288 g/mol. The number of aryl methyl sites for hydroxylation is 1. The number of pyridine rings is 1. The number of benzene rings is 1. The summed E-state index contributed by atoms with van der Waals surface area (Å²) in [4.78, 5) is 14.4. The number of nitro groups is 1. The van der Waals surface area contributed by atoms with E-state index in [1.54, 1.807) is 19.1 Å². The molecule has 1 heterocycles. The van der Waals surface area contributed by atoms with Crippen LogP contribution < -0.4 is 10.5 Å². The number of oxime groups is 1. The quantitative estimate of drug-likeness (QED) is 0.292. The van der Waals surface area contributed by atoms with Gasteiger partial charge in [0.1, 0.15) is 0 Å². The third-order valence-corrected chi connectivity index (χ3v) is 2.73. The maximum absolute atomic E-state index is 11.0. The topological polar surface area (TPSA) is 124 Å². The molecule has 1 aromatic heterocycles. The van der Waals surface area contributed by atoms with Crippen molar-refractivity contribution in [3.8, 4) is 11.6 Å². The van der Waals surface area contributed by atoms with Gasteiger partial charge in [-0.1, -0.05) is 17.3 Å². The maximum Gasteiger partial charge on any atom is 0.311 e. The van der Waals surface area contributed by atoms with Crippen molar-refractivity contribution in [3.05, 3.63) is 57.8 Å². The highest BCUT2D eigenvalue weighted by atomic mass is 16.6. The van der Waals surface area contributed by atoms with Gasteiger partial charge in [0, 0.05) is 23.9 Å². The molecule has 2 aromatic rings. The van der Waals surface area contributed by atoms with Crippen molar-refractivity contribution in [2.24, 2.45) is 10.9 Å². The van der Waals surface area contributed by atoms with Crippen molar-refractivity contribution in [2.75, 3.05) is 0 Å². The van der Waals surface area contributed by atoms with Crippen molar-refractivity contribution in [1.82, 2.24) is 4.98 Å². The summed E-state index contributed by atoms with van der Waals surface area (Å²) in [5.41, 5.74) is 6.30. The summed E-state index contributed by atoms with van der Waals surface area (Å²) >= 11 is 0. The molecule has 0 fully saturated rings. The number of nitrogens with two attached hydrogens (primary N) is 1. The molecule has 0 bridgehead atoms. The molecular formula is C13H12N4O4. The molecule has 3 N–H and O–H groups in total. The zero-order chi connectivity index (χ0) is 15.4. The summed E-state index contributed by atoms with van der Waals surface area (Å²) in [6.45, 7) is 1.70. The van der Waals surface area contributed by atoms with E-state index in [1.165, 1.54) is 24.4 Å². The van der Waals surface area contributed by atoms with E-state index in [0.29, 0.717) is 11.1 Å². The zero-order valence-corrected chi connectivity index (χ0v) is 11.1. The number of amidine groups is 1. The van der Waals surface area contributed by atoms with E-state index >= 15 is 0 Å². The Labute approximate surface area is 119 Å². The van der Waals surface area contributed by atoms with Gasteiger partial charge >= 0.3 is 5.69 Å². The number of nitro benzene ring substituents is 1. The second kappa shape index (κ2) is 5.87. The minimum Gasteiger partial charge on any atom is -0.432 e. The number of ether oxygens (including phenoxy) is 1. The third-order valence-electron chi connectivity index (χ3n) is 2.73. The molecule has 0 unspecified atom stereocenters. The van der Waals surface area contributed by atoms with E-state index in [9.17, 15) is 10.1 Å². The molecule has 21 heavy (non-hydrogen) atoms. The number of nitrogens with zero attached hydrogens (tertiary/aromatic N) is 3. The Morgan fingerprint density at radius 2 is 2.19 bits per heavy atom. The molecule has 8 heteroatoms. The van der Waals surface area contributed by atoms with Gasteiger partial charge in [0.15, 0.2) is 5.84 Å². The number of para-hydroxylation sites is 1. The molecule has 0 aliphatic heterocycles. The van der Waals surface area contributed by atoms with Gasteiger partial charge in [0.2, 0.25) is 11.6 Å². The summed E-state index contributed by atoms with van der Waals surface area (Å²) < 4.78 is 5.47. The van der Waals surface area contributed by atoms with Crippen LogP contribution in [0.25, 0.3) is 0 Å². The zero-order valence-electron chi connectivity index (χ0n) is 11.1. The van der Waals surface area contributed by atoms with E-state index in [0.717, 1.165) is 0 Å². The molecule has 2 rings (SSSR count). The van der Waals surface area contributed by atoms with Gasteiger partial charge in [-0.2, -0.15) is 0 Å². The Bertz CT molecular complexity index is 698. The van der Waals surface area contributed by atoms with Crippen LogP contribution in [0, 0.1) is 17.0 Å². The lowest BCUT2D eigenvalue weighted by molar-refractivity contribution is -0.385. The van der Waals surface area contributed by atoms with Crippen LogP contribution in [0.4, 0.5) is 5.69 Å². The van der Waals surface area contributed by atoms with Gasteiger partial charge in [0.05, 0.1) is 4.92 Å². The smallest absolute Gasteiger partial charge is 0.311 e. The fraction of sp³-hybridized carbons (Fsp3) is 0.0769. The van der Waals surface area contributed by atoms with Crippen LogP contribution in [0.2, 0.25) is 0 Å². The fourth-order valence-electron chi connectivity index (χ4n) is 1.67. The number of hydrogen-bond donors (Lipinski definition) is 2. The van der Waals surface area contributed by atoms with E-state index in [1.807, 2.05) is 0 Å². The number of hydrogen-bond acceptors (Lipinski definition) is 6. The predicted molar refractivity (Wildman–Crippen MR) is 74.7 cm³/mol. The summed E-state index contributed by atoms with van der Waals surface area (Å²) in [7, 11) is 0. The largest absolute Gasteiger partial charge is 0.432 e. The normalized spacial score (nSPS) is 11.2. The minimum atomic E-state index is -0.521. The molecular weight excluding hydrogens is 276 g/mol. The second-order valence-corrected chi connectivity index (χ2v) is 4.15. The molecule has 0 atom stereocenters. The lowest BCUT2D eigenvalue weighted by Gasteiger charge is -2.08. The SMILES string of the molecule is Cc1cccc([N+](=O)[O-])c1Oc1ccc(/C(N)=N/O)cn1. The average Bonchev–Trinajstić information content (AvgIpc) is 2.49. The second-order valence-electron chi connectivity index (χ2n) is 4.15. The number of rotatable bonds is 4. The Hall–Kier alpha value is -3.16. The summed E-state index contributed by atoms with van der Waals surface area (Å²) in [6.07, 6.45) is 1.34. The van der Waals surface area contributed by atoms with Crippen LogP contribution in [0.1, 0.15) is 11.1 Å². The lowest BCUT2D eigenvalue weighted by Crippen LogP contribution is -2.13. The molecule has 108 valence electrons. The summed E-state index contributed by atoms with van der Waals surface area (Å²) in [5.74, 6) is 0.212. The van der Waals surface area contributed by atoms with Crippen LogP contribution in [-0.4, -0.2) is 21.0 Å². The van der Waals surface area contributed by atoms with Crippen molar-refractivity contribution < 1.29 is 14.9 Å². The molecule has 8 nitrogen and oxygen atoms in total. The van der Waals surface area contributed by atoms with Crippen LogP contribution >= 0.6 is 0 Å². The van der Waals surface area contributed by atoms with Crippen molar-refractivity contribution in [1.29, 1.82) is 0 Å². The Kier molecular flexibility index (Phi) is 3.98. The molecule has 0 radical (unpaired) electrons. The fourth-order valence-corrected chi connectivity index (χ4v) is 1.67. The van der Waals surface area contributed by atoms with Crippen LogP contribution in [0.15, 0.2) is 41.7 Å². The highest BCUT2D eigenvalue weighted by molar-refractivity contribution is 5.96. The molecule has 0 saturated carbocycles. The van der Waals surface area contributed by atoms with Crippen LogP contribution in [0.5, 0.6) is 11.6 Å². The van der Waals surface area contributed by atoms with Gasteiger partial charge in [-0.25, -0.2) is 4.98 Å². The maximum atomic E-state index is 11.0. The van der Waals surface area contributed by atoms with E-state index in [2.05, 4.69) is 10.1 Å². The first-order chi connectivity index (χ1) is 10.0. The third kappa shape index (κ3) is 3.06. The number of aromatic nitrogens is 1. The molecule has 0 saturated heterocycles. The standard InChI is InChI=1S/C13H12N4O4/c1-8-3-2-4-10(17(19)20)12(8)21-11-6-5-9(7-15-11)13(14)16-18/h2-7,18H,1H3,(H2,14,16). The van der Waals surface area contributed by atoms with Gasteiger partial charge in [0.25, 0.3) is 0 Å². The summed E-state index contributed by atoms with van der Waals surface area (Å²) in [6, 6.07) is 7.64. The molecule has 0 spiro atoms. The summed E-state index contributed by atoms with van der Waals surface area (Å²) in [5, 5.41) is 22.4. The molecule has 0 amide bonds. The first-order valence-electron chi connectivity index (χ1n) is 5.88. The van der Waals surface area contributed by atoms with E-state index in [4.69, 9.17) is 15.7 Å². The monoisotopic (exact) mass is 288 g/mol. The first kappa shape index (κ1) is 14.3. The van der Waals surface area contributed by atoms with E-state index < -0.39 is 4.92 Å². The van der Waals surface area contributed by atoms with Gasteiger partial charge in [-0.15, -0.1) is 0 Å². The van der Waals surface area contributed by atoms with Gasteiger partial charge in [-0.05, 0) is 18.6 Å². The molecule has 0 aliphatic rings. The Morgan fingerprint density at radius 3 is 2.76 bits per heavy atom. The van der Waals surface area contributed by atoms with Crippen LogP contribution in [0.3, 0.4) is 0 Å². The molecule has 1 aromatic carbocycles. The highest BCUT2D eigenvalue weighted by Crippen LogP contribution is 2.33. The van der Waals surface area contributed by atoms with Crippen molar-refractivity contribution in [2.45, 2.75) is 6.92 Å². The Morgan fingerprint density at radius 1 is 1.43 bits per heavy atom. The van der Waals surface area contributed by atoms with Gasteiger partial charge < -0.3 is 15.7 Å².